The van der Waals surface area contributed by atoms with Crippen molar-refractivity contribution in [2.75, 3.05) is 5.32 Å². The predicted octanol–water partition coefficient (Wildman–Crippen LogP) is 2.62. The Bertz CT molecular complexity index is 692. The molecule has 26 heavy (non-hydrogen) atoms. The summed E-state index contributed by atoms with van der Waals surface area (Å²) in [6.45, 7) is 3.65. The zero-order valence-electron chi connectivity index (χ0n) is 14.9. The van der Waals surface area contributed by atoms with E-state index >= 15 is 0 Å². The third-order valence-electron chi connectivity index (χ3n) is 4.52. The van der Waals surface area contributed by atoms with E-state index in [1.54, 1.807) is 11.8 Å². The summed E-state index contributed by atoms with van der Waals surface area (Å²) in [6, 6.07) is 0. The molecule has 8 nitrogen and oxygen atoms in total. The van der Waals surface area contributed by atoms with Crippen molar-refractivity contribution in [2.24, 2.45) is 11.0 Å². The molecule has 10 heteroatoms. The van der Waals surface area contributed by atoms with Crippen molar-refractivity contribution in [3.8, 4) is 0 Å². The highest BCUT2D eigenvalue weighted by Crippen LogP contribution is 2.41. The second-order valence-electron chi connectivity index (χ2n) is 6.41. The van der Waals surface area contributed by atoms with Crippen molar-refractivity contribution in [1.29, 1.82) is 0 Å². The number of nitrogens with zero attached hydrogens (tertiary/aromatic N) is 3. The summed E-state index contributed by atoms with van der Waals surface area (Å²) in [4.78, 5) is 23.0. The van der Waals surface area contributed by atoms with Crippen LogP contribution in [0.15, 0.2) is 5.10 Å². The Hall–Kier alpha value is -1.68. The standard InChI is InChI=1S/C16H24N6O2S2/c1-3-11(23)17-15-21-19-13(25-15)9-6-5-7-10(8-9)14-20-22-16(26-14)18-12(24)4-2/h9-10,15,21H,3-8H2,1-2H3,(H,17,23)(H,18,22,24)/t9-,10?,15?/m0/s1. The van der Waals surface area contributed by atoms with Crippen molar-refractivity contribution >= 4 is 45.1 Å². The predicted molar refractivity (Wildman–Crippen MR) is 104 cm³/mol. The summed E-state index contributed by atoms with van der Waals surface area (Å²) in [6.07, 6.45) is 5.15. The number of thioether (sulfide) groups is 1. The van der Waals surface area contributed by atoms with E-state index in [0.717, 1.165) is 35.7 Å². The maximum atomic E-state index is 11.5. The number of amides is 2. The molecule has 2 aliphatic rings. The van der Waals surface area contributed by atoms with Gasteiger partial charge < -0.3 is 10.6 Å². The summed E-state index contributed by atoms with van der Waals surface area (Å²) in [5, 5.41) is 21.1. The first-order chi connectivity index (χ1) is 12.6. The first-order valence-electron chi connectivity index (χ1n) is 9.01. The Morgan fingerprint density at radius 2 is 1.92 bits per heavy atom. The summed E-state index contributed by atoms with van der Waals surface area (Å²) in [7, 11) is 0. The van der Waals surface area contributed by atoms with Gasteiger partial charge in [-0.05, 0) is 19.3 Å². The molecule has 0 bridgehead atoms. The highest BCUT2D eigenvalue weighted by atomic mass is 32.2. The third kappa shape index (κ3) is 4.73. The van der Waals surface area contributed by atoms with E-state index in [9.17, 15) is 9.59 Å². The Kier molecular flexibility index (Phi) is 6.47. The lowest BCUT2D eigenvalue weighted by molar-refractivity contribution is -0.121. The number of nitrogens with one attached hydrogen (secondary N) is 3. The SMILES string of the molecule is CCC(=O)Nc1nnc(C2CCC[C@H](C3=NNC(NC(=O)CC)S3)C2)s1. The molecule has 0 radical (unpaired) electrons. The number of hydrazone groups is 1. The average molecular weight is 397 g/mol. The van der Waals surface area contributed by atoms with E-state index in [1.807, 2.05) is 13.8 Å². The van der Waals surface area contributed by atoms with Gasteiger partial charge in [0.15, 0.2) is 5.50 Å². The van der Waals surface area contributed by atoms with Gasteiger partial charge in [-0.3, -0.25) is 15.0 Å². The van der Waals surface area contributed by atoms with Crippen molar-refractivity contribution in [3.63, 3.8) is 0 Å². The van der Waals surface area contributed by atoms with Crippen molar-refractivity contribution in [3.05, 3.63) is 5.01 Å². The van der Waals surface area contributed by atoms with Crippen LogP contribution < -0.4 is 16.1 Å². The first-order valence-corrected chi connectivity index (χ1v) is 10.7. The van der Waals surface area contributed by atoms with Gasteiger partial charge in [0.05, 0.1) is 0 Å². The van der Waals surface area contributed by atoms with Gasteiger partial charge in [0.25, 0.3) is 0 Å². The van der Waals surface area contributed by atoms with Crippen LogP contribution in [-0.4, -0.2) is 32.6 Å². The van der Waals surface area contributed by atoms with Crippen molar-refractivity contribution < 1.29 is 9.59 Å². The van der Waals surface area contributed by atoms with Gasteiger partial charge in [-0.1, -0.05) is 43.4 Å². The van der Waals surface area contributed by atoms with Crippen LogP contribution >= 0.6 is 23.1 Å². The molecule has 0 aromatic carbocycles. The summed E-state index contributed by atoms with van der Waals surface area (Å²) < 4.78 is 0. The third-order valence-corrected chi connectivity index (χ3v) is 6.65. The molecular formula is C16H24N6O2S2. The minimum Gasteiger partial charge on any atom is -0.326 e. The van der Waals surface area contributed by atoms with Crippen molar-refractivity contribution in [2.45, 2.75) is 63.8 Å². The molecule has 142 valence electrons. The van der Waals surface area contributed by atoms with Crippen LogP contribution in [0.5, 0.6) is 0 Å². The van der Waals surface area contributed by atoms with Crippen LogP contribution in [0.2, 0.25) is 0 Å². The van der Waals surface area contributed by atoms with E-state index in [2.05, 4.69) is 31.4 Å². The molecule has 0 saturated heterocycles. The van der Waals surface area contributed by atoms with Crippen LogP contribution in [0, 0.1) is 5.92 Å². The van der Waals surface area contributed by atoms with E-state index in [1.165, 1.54) is 11.3 Å². The smallest absolute Gasteiger partial charge is 0.225 e. The van der Waals surface area contributed by atoms with Gasteiger partial charge >= 0.3 is 0 Å². The van der Waals surface area contributed by atoms with Gasteiger partial charge in [-0.15, -0.1) is 10.2 Å². The maximum Gasteiger partial charge on any atom is 0.225 e. The van der Waals surface area contributed by atoms with E-state index < -0.39 is 0 Å². The summed E-state index contributed by atoms with van der Waals surface area (Å²) >= 11 is 3.06. The molecule has 2 unspecified atom stereocenters. The first kappa shape index (κ1) is 19.1. The largest absolute Gasteiger partial charge is 0.326 e. The summed E-state index contributed by atoms with van der Waals surface area (Å²) in [5.41, 5.74) is 2.83. The fraction of sp³-hybridized carbons (Fsp3) is 0.688. The second kappa shape index (κ2) is 8.81. The van der Waals surface area contributed by atoms with Crippen LogP contribution in [0.3, 0.4) is 0 Å². The fourth-order valence-corrected chi connectivity index (χ4v) is 5.05. The highest BCUT2D eigenvalue weighted by molar-refractivity contribution is 8.14. The monoisotopic (exact) mass is 396 g/mol. The number of rotatable bonds is 6. The van der Waals surface area contributed by atoms with Crippen LogP contribution in [-0.2, 0) is 9.59 Å². The number of aromatic nitrogens is 2. The summed E-state index contributed by atoms with van der Waals surface area (Å²) in [5.74, 6) is 0.680. The molecule has 1 aromatic heterocycles. The van der Waals surface area contributed by atoms with E-state index in [-0.39, 0.29) is 17.3 Å². The van der Waals surface area contributed by atoms with E-state index in [0.29, 0.717) is 29.8 Å². The zero-order valence-corrected chi connectivity index (χ0v) is 16.6. The Morgan fingerprint density at radius 1 is 1.15 bits per heavy atom. The second-order valence-corrected chi connectivity index (χ2v) is 8.54. The van der Waals surface area contributed by atoms with Gasteiger partial charge in [0, 0.05) is 24.7 Å². The van der Waals surface area contributed by atoms with Crippen LogP contribution in [0.4, 0.5) is 5.13 Å². The zero-order chi connectivity index (χ0) is 18.5. The molecule has 1 saturated carbocycles. The van der Waals surface area contributed by atoms with Gasteiger partial charge in [0.1, 0.15) is 10.1 Å². The molecule has 3 rings (SSSR count). The average Bonchev–Trinajstić information content (AvgIpc) is 3.31. The van der Waals surface area contributed by atoms with Gasteiger partial charge in [0.2, 0.25) is 16.9 Å². The molecule has 3 atom stereocenters. The minimum atomic E-state index is -0.171. The molecular weight excluding hydrogens is 372 g/mol. The lowest BCUT2D eigenvalue weighted by Gasteiger charge is -2.27. The maximum absolute atomic E-state index is 11.5. The van der Waals surface area contributed by atoms with Gasteiger partial charge in [-0.2, -0.15) is 5.10 Å². The molecule has 1 aliphatic carbocycles. The van der Waals surface area contributed by atoms with Gasteiger partial charge in [-0.25, -0.2) is 0 Å². The Labute approximate surface area is 161 Å². The van der Waals surface area contributed by atoms with Crippen molar-refractivity contribution in [1.82, 2.24) is 20.9 Å². The molecule has 0 spiro atoms. The number of carbonyl (C=O) groups is 2. The highest BCUT2D eigenvalue weighted by Gasteiger charge is 2.33. The molecule has 2 heterocycles. The normalized spacial score (nSPS) is 25.3. The van der Waals surface area contributed by atoms with Crippen LogP contribution in [0.25, 0.3) is 0 Å². The topological polar surface area (TPSA) is 108 Å². The van der Waals surface area contributed by atoms with Crippen LogP contribution in [0.1, 0.15) is 63.3 Å². The Morgan fingerprint density at radius 3 is 2.69 bits per heavy atom. The number of hydrogen-bond acceptors (Lipinski definition) is 8. The molecule has 1 aliphatic heterocycles. The number of hydrogen-bond donors (Lipinski definition) is 3. The molecule has 2 amide bonds. The minimum absolute atomic E-state index is 0.0171. The molecule has 3 N–H and O–H groups in total. The molecule has 1 aromatic rings. The van der Waals surface area contributed by atoms with E-state index in [4.69, 9.17) is 0 Å². The number of carbonyl (C=O) groups excluding carboxylic acids is 2. The molecule has 1 fully saturated rings. The lowest BCUT2D eigenvalue weighted by Crippen LogP contribution is -2.38. The Balaban J connectivity index is 1.56. The quantitative estimate of drug-likeness (QED) is 0.682. The fourth-order valence-electron chi connectivity index (χ4n) is 3.09. The lowest BCUT2D eigenvalue weighted by atomic mass is 9.82. The number of anilines is 1.